The first-order valence-electron chi connectivity index (χ1n) is 5.86. The van der Waals surface area contributed by atoms with E-state index in [1.807, 2.05) is 6.92 Å². The summed E-state index contributed by atoms with van der Waals surface area (Å²) in [6, 6.07) is 1.76. The highest BCUT2D eigenvalue weighted by atomic mass is 16.6. The second-order valence-corrected chi connectivity index (χ2v) is 4.88. The normalized spacial score (nSPS) is 23.4. The Morgan fingerprint density at radius 2 is 2.41 bits per heavy atom. The first-order chi connectivity index (χ1) is 8.05. The average molecular weight is 237 g/mol. The van der Waals surface area contributed by atoms with Gasteiger partial charge in [0.15, 0.2) is 0 Å². The SMILES string of the molecule is Cc1nccc(OCC2CNCC(C)(C)O2)n1. The van der Waals surface area contributed by atoms with E-state index < -0.39 is 0 Å². The zero-order valence-electron chi connectivity index (χ0n) is 10.6. The van der Waals surface area contributed by atoms with E-state index in [0.29, 0.717) is 18.3 Å². The molecule has 0 bridgehead atoms. The molecule has 0 amide bonds. The Balaban J connectivity index is 1.86. The number of nitrogens with zero attached hydrogens (tertiary/aromatic N) is 2. The Bertz CT molecular complexity index is 382. The van der Waals surface area contributed by atoms with Crippen molar-refractivity contribution < 1.29 is 9.47 Å². The van der Waals surface area contributed by atoms with Gasteiger partial charge in [0.25, 0.3) is 0 Å². The van der Waals surface area contributed by atoms with Crippen molar-refractivity contribution in [2.24, 2.45) is 0 Å². The van der Waals surface area contributed by atoms with Crippen molar-refractivity contribution >= 4 is 0 Å². The van der Waals surface area contributed by atoms with E-state index in [0.717, 1.165) is 13.1 Å². The number of morpholine rings is 1. The fraction of sp³-hybridized carbons (Fsp3) is 0.667. The van der Waals surface area contributed by atoms with Crippen molar-refractivity contribution in [1.29, 1.82) is 0 Å². The smallest absolute Gasteiger partial charge is 0.216 e. The summed E-state index contributed by atoms with van der Waals surface area (Å²) in [6.07, 6.45) is 1.76. The van der Waals surface area contributed by atoms with Crippen molar-refractivity contribution in [2.75, 3.05) is 19.7 Å². The molecule has 1 aromatic rings. The highest BCUT2D eigenvalue weighted by molar-refractivity contribution is 5.07. The molecule has 1 aliphatic rings. The molecule has 5 heteroatoms. The lowest BCUT2D eigenvalue weighted by Crippen LogP contribution is -2.52. The van der Waals surface area contributed by atoms with Crippen LogP contribution in [0.3, 0.4) is 0 Å². The lowest BCUT2D eigenvalue weighted by atomic mass is 10.1. The van der Waals surface area contributed by atoms with Crippen LogP contribution < -0.4 is 10.1 Å². The van der Waals surface area contributed by atoms with Gasteiger partial charge in [-0.3, -0.25) is 0 Å². The van der Waals surface area contributed by atoms with E-state index in [9.17, 15) is 0 Å². The Labute approximate surface area is 102 Å². The number of aryl methyl sites for hydroxylation is 1. The minimum absolute atomic E-state index is 0.0639. The number of nitrogens with one attached hydrogen (secondary N) is 1. The van der Waals surface area contributed by atoms with Gasteiger partial charge in [0.1, 0.15) is 18.5 Å². The van der Waals surface area contributed by atoms with Crippen LogP contribution in [0.2, 0.25) is 0 Å². The first-order valence-corrected chi connectivity index (χ1v) is 5.86. The van der Waals surface area contributed by atoms with Gasteiger partial charge in [-0.2, -0.15) is 4.98 Å². The number of rotatable bonds is 3. The molecule has 1 fully saturated rings. The van der Waals surface area contributed by atoms with Gasteiger partial charge in [0.2, 0.25) is 5.88 Å². The molecule has 0 radical (unpaired) electrons. The molecule has 5 nitrogen and oxygen atoms in total. The second-order valence-electron chi connectivity index (χ2n) is 4.88. The lowest BCUT2D eigenvalue weighted by molar-refractivity contribution is -0.107. The Hall–Kier alpha value is -1.20. The molecule has 1 aromatic heterocycles. The van der Waals surface area contributed by atoms with Crippen LogP contribution >= 0.6 is 0 Å². The fourth-order valence-electron chi connectivity index (χ4n) is 1.85. The molecule has 0 spiro atoms. The molecular weight excluding hydrogens is 218 g/mol. The van der Waals surface area contributed by atoms with Crippen LogP contribution in [0.15, 0.2) is 12.3 Å². The molecule has 2 rings (SSSR count). The third kappa shape index (κ3) is 3.64. The standard InChI is InChI=1S/C12H19N3O2/c1-9-14-5-4-11(15-9)16-7-10-6-13-8-12(2,3)17-10/h4-5,10,13H,6-8H2,1-3H3. The van der Waals surface area contributed by atoms with E-state index in [4.69, 9.17) is 9.47 Å². The summed E-state index contributed by atoms with van der Waals surface area (Å²) in [5.41, 5.74) is -0.131. The summed E-state index contributed by atoms with van der Waals surface area (Å²) >= 11 is 0. The van der Waals surface area contributed by atoms with Gasteiger partial charge in [-0.1, -0.05) is 0 Å². The molecule has 1 atom stereocenters. The lowest BCUT2D eigenvalue weighted by Gasteiger charge is -2.36. The highest BCUT2D eigenvalue weighted by Gasteiger charge is 2.28. The summed E-state index contributed by atoms with van der Waals surface area (Å²) in [7, 11) is 0. The quantitative estimate of drug-likeness (QED) is 0.847. The largest absolute Gasteiger partial charge is 0.475 e. The van der Waals surface area contributed by atoms with Gasteiger partial charge < -0.3 is 14.8 Å². The Kier molecular flexibility index (Phi) is 3.59. The zero-order chi connectivity index (χ0) is 12.3. The van der Waals surface area contributed by atoms with Gasteiger partial charge in [0.05, 0.1) is 5.60 Å². The van der Waals surface area contributed by atoms with Crippen LogP contribution in [0.1, 0.15) is 19.7 Å². The second kappa shape index (κ2) is 4.98. The fourth-order valence-corrected chi connectivity index (χ4v) is 1.85. The van der Waals surface area contributed by atoms with Crippen molar-refractivity contribution in [2.45, 2.75) is 32.5 Å². The molecule has 1 saturated heterocycles. The molecule has 0 aromatic carbocycles. The number of aromatic nitrogens is 2. The summed E-state index contributed by atoms with van der Waals surface area (Å²) in [5, 5.41) is 3.34. The number of hydrogen-bond donors (Lipinski definition) is 1. The molecular formula is C12H19N3O2. The summed E-state index contributed by atoms with van der Waals surface area (Å²) < 4.78 is 11.5. The van der Waals surface area contributed by atoms with Gasteiger partial charge in [0, 0.05) is 25.4 Å². The van der Waals surface area contributed by atoms with Crippen molar-refractivity contribution in [3.8, 4) is 5.88 Å². The first kappa shape index (κ1) is 12.3. The summed E-state index contributed by atoms with van der Waals surface area (Å²) in [5.74, 6) is 1.31. The topological polar surface area (TPSA) is 56.3 Å². The molecule has 0 saturated carbocycles. The van der Waals surface area contributed by atoms with Gasteiger partial charge in [-0.05, 0) is 20.8 Å². The maximum absolute atomic E-state index is 5.89. The Morgan fingerprint density at radius 3 is 3.12 bits per heavy atom. The minimum atomic E-state index is -0.131. The van der Waals surface area contributed by atoms with Crippen LogP contribution in [-0.2, 0) is 4.74 Å². The predicted octanol–water partition coefficient (Wildman–Crippen LogP) is 0.931. The molecule has 17 heavy (non-hydrogen) atoms. The monoisotopic (exact) mass is 237 g/mol. The van der Waals surface area contributed by atoms with E-state index >= 15 is 0 Å². The molecule has 1 unspecified atom stereocenters. The van der Waals surface area contributed by atoms with Crippen LogP contribution in [-0.4, -0.2) is 41.4 Å². The van der Waals surface area contributed by atoms with Crippen LogP contribution in [0.5, 0.6) is 5.88 Å². The van der Waals surface area contributed by atoms with Gasteiger partial charge >= 0.3 is 0 Å². The minimum Gasteiger partial charge on any atom is -0.475 e. The van der Waals surface area contributed by atoms with E-state index in [1.54, 1.807) is 12.3 Å². The molecule has 2 heterocycles. The molecule has 0 aliphatic carbocycles. The summed E-state index contributed by atoms with van der Waals surface area (Å²) in [4.78, 5) is 8.21. The predicted molar refractivity (Wildman–Crippen MR) is 64.1 cm³/mol. The Morgan fingerprint density at radius 1 is 1.59 bits per heavy atom. The van der Waals surface area contributed by atoms with E-state index in [2.05, 4.69) is 29.1 Å². The molecule has 1 aliphatic heterocycles. The maximum atomic E-state index is 5.89. The van der Waals surface area contributed by atoms with Crippen molar-refractivity contribution in [1.82, 2.24) is 15.3 Å². The highest BCUT2D eigenvalue weighted by Crippen LogP contribution is 2.16. The van der Waals surface area contributed by atoms with Crippen LogP contribution in [0.25, 0.3) is 0 Å². The van der Waals surface area contributed by atoms with Gasteiger partial charge in [-0.15, -0.1) is 0 Å². The average Bonchev–Trinajstić information content (AvgIpc) is 2.25. The van der Waals surface area contributed by atoms with Crippen LogP contribution in [0.4, 0.5) is 0 Å². The number of ether oxygens (including phenoxy) is 2. The van der Waals surface area contributed by atoms with Crippen molar-refractivity contribution in [3.05, 3.63) is 18.1 Å². The third-order valence-electron chi connectivity index (χ3n) is 2.58. The molecule has 1 N–H and O–H groups in total. The summed E-state index contributed by atoms with van der Waals surface area (Å²) in [6.45, 7) is 8.17. The number of hydrogen-bond acceptors (Lipinski definition) is 5. The van der Waals surface area contributed by atoms with E-state index in [1.165, 1.54) is 0 Å². The maximum Gasteiger partial charge on any atom is 0.216 e. The zero-order valence-corrected chi connectivity index (χ0v) is 10.6. The van der Waals surface area contributed by atoms with Gasteiger partial charge in [-0.25, -0.2) is 4.98 Å². The third-order valence-corrected chi connectivity index (χ3v) is 2.58. The van der Waals surface area contributed by atoms with Crippen molar-refractivity contribution in [3.63, 3.8) is 0 Å². The molecule has 94 valence electrons. The van der Waals surface area contributed by atoms with E-state index in [-0.39, 0.29) is 11.7 Å². The van der Waals surface area contributed by atoms with Crippen LogP contribution in [0, 0.1) is 6.92 Å².